The summed E-state index contributed by atoms with van der Waals surface area (Å²) in [4.78, 5) is 40.8. The molecule has 0 saturated heterocycles. The number of benzene rings is 1. The fourth-order valence-corrected chi connectivity index (χ4v) is 7.05. The van der Waals surface area contributed by atoms with E-state index in [4.69, 9.17) is 4.74 Å². The number of carboxylic acid groups (broad SMARTS) is 1. The summed E-state index contributed by atoms with van der Waals surface area (Å²) in [6.45, 7) is 17.9. The number of hydrogen-bond donors (Lipinski definition) is 2. The van der Waals surface area contributed by atoms with Crippen LogP contribution in [0.3, 0.4) is 0 Å². The monoisotopic (exact) mass is 560 g/mol. The largest absolute Gasteiger partial charge is 0.511 e. The number of carboxylic acids is 1. The SMILES string of the molecule is C=C(C)[C@@H]1C[C@@H](C[C@@]2(CC=C(C)C)C(=O)C3=C(O[C@H](C)[C@H](C)C3=O)C([C@@H](CC(=O)O)c3ccccc3)=C2O)C1(C)C. The molecule has 1 fully saturated rings. The van der Waals surface area contributed by atoms with Gasteiger partial charge in [-0.1, -0.05) is 74.9 Å². The predicted octanol–water partition coefficient (Wildman–Crippen LogP) is 7.49. The van der Waals surface area contributed by atoms with Crippen molar-refractivity contribution in [3.8, 4) is 0 Å². The van der Waals surface area contributed by atoms with Crippen LogP contribution < -0.4 is 0 Å². The van der Waals surface area contributed by atoms with E-state index in [9.17, 15) is 24.6 Å². The summed E-state index contributed by atoms with van der Waals surface area (Å²) < 4.78 is 6.26. The molecule has 220 valence electrons. The zero-order valence-electron chi connectivity index (χ0n) is 25.4. The summed E-state index contributed by atoms with van der Waals surface area (Å²) in [6, 6.07) is 9.09. The first-order chi connectivity index (χ1) is 19.1. The van der Waals surface area contributed by atoms with E-state index >= 15 is 0 Å². The molecule has 0 bridgehead atoms. The summed E-state index contributed by atoms with van der Waals surface area (Å²) in [7, 11) is 0. The van der Waals surface area contributed by atoms with Crippen LogP contribution in [0.25, 0.3) is 0 Å². The van der Waals surface area contributed by atoms with Crippen molar-refractivity contribution in [3.05, 3.63) is 82.4 Å². The molecule has 1 aromatic carbocycles. The van der Waals surface area contributed by atoms with Gasteiger partial charge in [-0.3, -0.25) is 14.4 Å². The van der Waals surface area contributed by atoms with Crippen LogP contribution in [-0.4, -0.2) is 33.9 Å². The average molecular weight is 561 g/mol. The molecule has 0 aromatic heterocycles. The minimum absolute atomic E-state index is 0.0366. The molecule has 4 rings (SSSR count). The summed E-state index contributed by atoms with van der Waals surface area (Å²) >= 11 is 0. The van der Waals surface area contributed by atoms with Gasteiger partial charge in [-0.05, 0) is 69.8 Å². The molecule has 6 heteroatoms. The minimum Gasteiger partial charge on any atom is -0.511 e. The zero-order chi connectivity index (χ0) is 30.4. The van der Waals surface area contributed by atoms with Crippen LogP contribution in [0, 0.1) is 28.6 Å². The normalized spacial score (nSPS) is 29.7. The lowest BCUT2D eigenvalue weighted by molar-refractivity contribution is -0.137. The number of Topliss-reactive ketones (excluding diaryl/α,β-unsaturated/α-hetero) is 2. The number of ether oxygens (including phenoxy) is 1. The Kier molecular flexibility index (Phi) is 8.28. The number of aliphatic hydroxyl groups excluding tert-OH is 1. The van der Waals surface area contributed by atoms with Crippen molar-refractivity contribution in [1.82, 2.24) is 0 Å². The summed E-state index contributed by atoms with van der Waals surface area (Å²) in [5, 5.41) is 22.4. The standard InChI is InChI=1S/C35H44O6/c1-19(2)14-15-35(18-24-16-26(20(3)4)34(24,7)8)32(39)28(25(17-27(36)37)23-12-10-9-11-13-23)31-29(33(35)40)30(38)21(5)22(6)41-31/h9-14,21-22,24-26,39H,3,15-18H2,1-2,4-8H3,(H,36,37)/t21-,22+,24-,25-,26-,35+/m0/s1. The Hall–Kier alpha value is -3.41. The number of hydrogen-bond acceptors (Lipinski definition) is 5. The smallest absolute Gasteiger partial charge is 0.304 e. The summed E-state index contributed by atoms with van der Waals surface area (Å²) in [5.41, 5.74) is 1.38. The van der Waals surface area contributed by atoms with Crippen LogP contribution in [0.5, 0.6) is 0 Å². The van der Waals surface area contributed by atoms with Crippen LogP contribution in [0.1, 0.15) is 85.6 Å². The Morgan fingerprint density at radius 1 is 1.15 bits per heavy atom. The van der Waals surface area contributed by atoms with Crippen LogP contribution in [0.15, 0.2) is 76.8 Å². The Balaban J connectivity index is 2.01. The molecular weight excluding hydrogens is 516 g/mol. The average Bonchev–Trinajstić information content (AvgIpc) is 2.89. The van der Waals surface area contributed by atoms with Gasteiger partial charge < -0.3 is 14.9 Å². The molecule has 1 heterocycles. The highest BCUT2D eigenvalue weighted by Crippen LogP contribution is 2.61. The number of allylic oxidation sites excluding steroid dienone is 6. The van der Waals surface area contributed by atoms with Gasteiger partial charge in [0.05, 0.1) is 17.8 Å². The van der Waals surface area contributed by atoms with E-state index in [1.807, 2.05) is 57.2 Å². The second-order valence-corrected chi connectivity index (χ2v) is 13.3. The highest BCUT2D eigenvalue weighted by molar-refractivity contribution is 6.25. The molecule has 2 aliphatic carbocycles. The third kappa shape index (κ3) is 5.22. The number of aliphatic carboxylic acids is 1. The van der Waals surface area contributed by atoms with E-state index in [0.29, 0.717) is 12.0 Å². The lowest BCUT2D eigenvalue weighted by atomic mass is 9.48. The number of aliphatic hydroxyl groups is 1. The number of ketones is 2. The fourth-order valence-electron chi connectivity index (χ4n) is 7.05. The lowest BCUT2D eigenvalue weighted by Crippen LogP contribution is -2.52. The van der Waals surface area contributed by atoms with Crippen molar-refractivity contribution in [1.29, 1.82) is 0 Å². The van der Waals surface area contributed by atoms with E-state index in [-0.39, 0.29) is 58.5 Å². The summed E-state index contributed by atoms with van der Waals surface area (Å²) in [6.07, 6.45) is 2.44. The molecule has 0 unspecified atom stereocenters. The Morgan fingerprint density at radius 3 is 2.32 bits per heavy atom. The van der Waals surface area contributed by atoms with E-state index in [2.05, 4.69) is 20.4 Å². The molecule has 1 aliphatic heterocycles. The molecule has 0 radical (unpaired) electrons. The molecule has 2 N–H and O–H groups in total. The maximum absolute atomic E-state index is 14.7. The second-order valence-electron chi connectivity index (χ2n) is 13.3. The van der Waals surface area contributed by atoms with Crippen LogP contribution in [-0.2, 0) is 19.1 Å². The predicted molar refractivity (Wildman–Crippen MR) is 159 cm³/mol. The zero-order valence-corrected chi connectivity index (χ0v) is 25.4. The molecule has 1 saturated carbocycles. The number of rotatable bonds is 9. The highest BCUT2D eigenvalue weighted by Gasteiger charge is 2.59. The first-order valence-corrected chi connectivity index (χ1v) is 14.6. The molecule has 0 amide bonds. The Labute approximate surface area is 243 Å². The maximum Gasteiger partial charge on any atom is 0.304 e. The minimum atomic E-state index is -1.42. The fraction of sp³-hybridized carbons (Fsp3) is 0.514. The first-order valence-electron chi connectivity index (χ1n) is 14.6. The van der Waals surface area contributed by atoms with Gasteiger partial charge in [0.25, 0.3) is 0 Å². The van der Waals surface area contributed by atoms with Crippen LogP contribution >= 0.6 is 0 Å². The van der Waals surface area contributed by atoms with E-state index in [0.717, 1.165) is 17.6 Å². The topological polar surface area (TPSA) is 101 Å². The Bertz CT molecular complexity index is 1360. The van der Waals surface area contributed by atoms with Crippen LogP contribution in [0.2, 0.25) is 0 Å². The lowest BCUT2D eigenvalue weighted by Gasteiger charge is -2.56. The second kappa shape index (κ2) is 11.1. The van der Waals surface area contributed by atoms with Gasteiger partial charge in [0, 0.05) is 11.5 Å². The van der Waals surface area contributed by atoms with E-state index in [1.165, 1.54) is 0 Å². The number of carbonyl (C=O) groups is 3. The number of carbonyl (C=O) groups excluding carboxylic acids is 2. The van der Waals surface area contributed by atoms with Crippen molar-refractivity contribution >= 4 is 17.5 Å². The van der Waals surface area contributed by atoms with E-state index < -0.39 is 35.1 Å². The van der Waals surface area contributed by atoms with Gasteiger partial charge in [-0.2, -0.15) is 0 Å². The van der Waals surface area contributed by atoms with Crippen molar-refractivity contribution in [2.45, 2.75) is 86.2 Å². The maximum atomic E-state index is 14.7. The molecule has 3 aliphatic rings. The molecule has 0 spiro atoms. The summed E-state index contributed by atoms with van der Waals surface area (Å²) in [5.74, 6) is -2.92. The van der Waals surface area contributed by atoms with Crippen molar-refractivity contribution in [2.75, 3.05) is 0 Å². The third-order valence-corrected chi connectivity index (χ3v) is 9.96. The molecule has 41 heavy (non-hydrogen) atoms. The van der Waals surface area contributed by atoms with Gasteiger partial charge >= 0.3 is 5.97 Å². The van der Waals surface area contributed by atoms with Gasteiger partial charge in [-0.25, -0.2) is 0 Å². The Morgan fingerprint density at radius 2 is 1.78 bits per heavy atom. The van der Waals surface area contributed by atoms with Gasteiger partial charge in [-0.15, -0.1) is 0 Å². The third-order valence-electron chi connectivity index (χ3n) is 9.96. The van der Waals surface area contributed by atoms with E-state index in [1.54, 1.807) is 13.8 Å². The van der Waals surface area contributed by atoms with Crippen LogP contribution in [0.4, 0.5) is 0 Å². The molecule has 6 nitrogen and oxygen atoms in total. The van der Waals surface area contributed by atoms with Gasteiger partial charge in [0.1, 0.15) is 23.2 Å². The molecular formula is C35H44O6. The van der Waals surface area contributed by atoms with Gasteiger partial charge in [0.2, 0.25) is 0 Å². The van der Waals surface area contributed by atoms with Crippen molar-refractivity contribution in [2.24, 2.45) is 28.6 Å². The van der Waals surface area contributed by atoms with Crippen molar-refractivity contribution in [3.63, 3.8) is 0 Å². The van der Waals surface area contributed by atoms with Crippen molar-refractivity contribution < 1.29 is 29.3 Å². The van der Waals surface area contributed by atoms with Gasteiger partial charge in [0.15, 0.2) is 11.6 Å². The highest BCUT2D eigenvalue weighted by atomic mass is 16.5. The molecule has 1 aromatic rings. The first kappa shape index (κ1) is 30.5. The molecule has 6 atom stereocenters. The quantitative estimate of drug-likeness (QED) is 0.240.